The average Bonchev–Trinajstić information content (AvgIpc) is 2.63. The Hall–Kier alpha value is -0.0400. The monoisotopic (exact) mass is 374 g/mol. The summed E-state index contributed by atoms with van der Waals surface area (Å²) in [6.45, 7) is 12.7. The predicted octanol–water partition coefficient (Wildman–Crippen LogP) is 7.22. The molecule has 1 N–H and O–H groups in total. The number of hydrogen-bond donors (Lipinski definition) is 1. The average molecular weight is 375 g/mol. The molecule has 0 aromatic carbocycles. The van der Waals surface area contributed by atoms with Crippen molar-refractivity contribution in [1.29, 1.82) is 0 Å². The van der Waals surface area contributed by atoms with Gasteiger partial charge in [0, 0.05) is 0 Å². The fourth-order valence-corrected chi connectivity index (χ4v) is 8.94. The van der Waals surface area contributed by atoms with Gasteiger partial charge in [0.15, 0.2) is 0 Å². The molecule has 0 spiro atoms. The first-order chi connectivity index (χ1) is 12.7. The maximum absolute atomic E-state index is 12.3. The van der Waals surface area contributed by atoms with E-state index in [1.54, 1.807) is 0 Å². The van der Waals surface area contributed by atoms with Crippen LogP contribution < -0.4 is 0 Å². The van der Waals surface area contributed by atoms with Crippen LogP contribution in [-0.2, 0) is 0 Å². The van der Waals surface area contributed by atoms with Gasteiger partial charge in [-0.05, 0) is 97.7 Å². The molecule has 4 fully saturated rings. The zero-order valence-corrected chi connectivity index (χ0v) is 18.9. The highest BCUT2D eigenvalue weighted by molar-refractivity contribution is 5.11. The molecule has 1 heteroatoms. The van der Waals surface area contributed by atoms with E-state index in [0.29, 0.717) is 11.3 Å². The fourth-order valence-electron chi connectivity index (χ4n) is 8.94. The SMILES string of the molecule is C[C@@H]1CCC(O)(C2CCCCC2)[C@@]2(C)CC[C@H]3[C@H](C)CC[C@@H](C[C@H]12)C3(C)C. The molecule has 0 heterocycles. The van der Waals surface area contributed by atoms with Gasteiger partial charge in [0.1, 0.15) is 0 Å². The minimum atomic E-state index is -0.399. The smallest absolute Gasteiger partial charge is 0.0731 e. The lowest BCUT2D eigenvalue weighted by Gasteiger charge is -2.63. The van der Waals surface area contributed by atoms with Crippen LogP contribution in [0.4, 0.5) is 0 Å². The van der Waals surface area contributed by atoms with Gasteiger partial charge in [-0.25, -0.2) is 0 Å². The molecular weight excluding hydrogens is 328 g/mol. The van der Waals surface area contributed by atoms with E-state index in [1.165, 1.54) is 70.6 Å². The zero-order chi connectivity index (χ0) is 19.4. The Morgan fingerprint density at radius 2 is 1.33 bits per heavy atom. The highest BCUT2D eigenvalue weighted by atomic mass is 16.3. The highest BCUT2D eigenvalue weighted by Gasteiger charge is 2.61. The van der Waals surface area contributed by atoms with Gasteiger partial charge in [0.05, 0.1) is 5.60 Å². The second kappa shape index (κ2) is 7.03. The topological polar surface area (TPSA) is 20.2 Å². The molecule has 7 atom stereocenters. The molecular formula is C26H46O. The van der Waals surface area contributed by atoms with Crippen molar-refractivity contribution in [3.8, 4) is 0 Å². The second-order valence-electron chi connectivity index (χ2n) is 12.3. The van der Waals surface area contributed by atoms with Gasteiger partial charge in [-0.1, -0.05) is 60.3 Å². The lowest BCUT2D eigenvalue weighted by molar-refractivity contribution is -0.211. The molecule has 0 saturated heterocycles. The maximum atomic E-state index is 12.3. The quantitative estimate of drug-likeness (QED) is 0.513. The van der Waals surface area contributed by atoms with Gasteiger partial charge in [0.25, 0.3) is 0 Å². The van der Waals surface area contributed by atoms with Gasteiger partial charge in [-0.2, -0.15) is 0 Å². The summed E-state index contributed by atoms with van der Waals surface area (Å²) in [6.07, 6.45) is 15.8. The van der Waals surface area contributed by atoms with E-state index in [2.05, 4.69) is 34.6 Å². The molecule has 1 nitrogen and oxygen atoms in total. The Balaban J connectivity index is 1.70. The molecule has 4 aliphatic carbocycles. The standard InChI is InChI=1S/C26H46O/c1-18-11-12-21-17-23-19(2)13-16-26(27,20-9-7-6-8-10-20)25(23,5)15-14-22(18)24(21,3)4/h18-23,27H,6-17H2,1-5H3/t18-,19-,21+,22+,23-,25+,26?/m1/s1. The first kappa shape index (κ1) is 20.2. The second-order valence-corrected chi connectivity index (χ2v) is 12.3. The van der Waals surface area contributed by atoms with Crippen molar-refractivity contribution < 1.29 is 5.11 Å². The van der Waals surface area contributed by atoms with E-state index >= 15 is 0 Å². The van der Waals surface area contributed by atoms with Crippen molar-refractivity contribution in [2.75, 3.05) is 0 Å². The molecule has 0 radical (unpaired) electrons. The number of aliphatic hydroxyl groups is 1. The molecule has 0 aromatic heterocycles. The predicted molar refractivity (Wildman–Crippen MR) is 115 cm³/mol. The minimum Gasteiger partial charge on any atom is -0.389 e. The van der Waals surface area contributed by atoms with Crippen molar-refractivity contribution >= 4 is 0 Å². The van der Waals surface area contributed by atoms with E-state index in [1.807, 2.05) is 0 Å². The Morgan fingerprint density at radius 3 is 2.04 bits per heavy atom. The van der Waals surface area contributed by atoms with Gasteiger partial charge in [-0.3, -0.25) is 0 Å². The van der Waals surface area contributed by atoms with E-state index in [-0.39, 0.29) is 5.41 Å². The molecule has 0 aromatic rings. The summed E-state index contributed by atoms with van der Waals surface area (Å²) in [5.74, 6) is 4.64. The maximum Gasteiger partial charge on any atom is 0.0731 e. The van der Waals surface area contributed by atoms with Crippen molar-refractivity contribution in [3.63, 3.8) is 0 Å². The Bertz CT molecular complexity index is 532. The summed E-state index contributed by atoms with van der Waals surface area (Å²) < 4.78 is 0. The van der Waals surface area contributed by atoms with E-state index in [0.717, 1.165) is 36.0 Å². The van der Waals surface area contributed by atoms with Crippen LogP contribution in [-0.4, -0.2) is 10.7 Å². The first-order valence-electron chi connectivity index (χ1n) is 12.4. The first-order valence-corrected chi connectivity index (χ1v) is 12.4. The van der Waals surface area contributed by atoms with Crippen LogP contribution in [0.3, 0.4) is 0 Å². The van der Waals surface area contributed by atoms with Crippen LogP contribution in [0.1, 0.15) is 112 Å². The lowest BCUT2D eigenvalue weighted by Crippen LogP contribution is -2.62. The van der Waals surface area contributed by atoms with Crippen molar-refractivity contribution in [2.24, 2.45) is 46.3 Å². The van der Waals surface area contributed by atoms with Crippen molar-refractivity contribution in [1.82, 2.24) is 0 Å². The molecule has 0 amide bonds. The van der Waals surface area contributed by atoms with E-state index < -0.39 is 5.60 Å². The number of hydrogen-bond acceptors (Lipinski definition) is 1. The van der Waals surface area contributed by atoms with Gasteiger partial charge < -0.3 is 5.11 Å². The molecule has 1 unspecified atom stereocenters. The molecule has 156 valence electrons. The minimum absolute atomic E-state index is 0.136. The molecule has 4 saturated carbocycles. The summed E-state index contributed by atoms with van der Waals surface area (Å²) in [6, 6.07) is 0. The number of fused-ring (bicyclic) bond motifs is 3. The third kappa shape index (κ3) is 3.04. The normalized spacial score (nSPS) is 51.1. The van der Waals surface area contributed by atoms with E-state index in [4.69, 9.17) is 0 Å². The van der Waals surface area contributed by atoms with Crippen LogP contribution >= 0.6 is 0 Å². The lowest BCUT2D eigenvalue weighted by atomic mass is 9.43. The van der Waals surface area contributed by atoms with Crippen molar-refractivity contribution in [2.45, 2.75) is 117 Å². The fraction of sp³-hybridized carbons (Fsp3) is 1.00. The van der Waals surface area contributed by atoms with Crippen molar-refractivity contribution in [3.05, 3.63) is 0 Å². The van der Waals surface area contributed by atoms with Crippen LogP contribution in [0, 0.1) is 46.3 Å². The largest absolute Gasteiger partial charge is 0.389 e. The Labute approximate surface area is 169 Å². The molecule has 2 bridgehead atoms. The highest BCUT2D eigenvalue weighted by Crippen LogP contribution is 2.64. The van der Waals surface area contributed by atoms with Crippen LogP contribution in [0.15, 0.2) is 0 Å². The van der Waals surface area contributed by atoms with Crippen LogP contribution in [0.2, 0.25) is 0 Å². The molecule has 4 rings (SSSR count). The molecule has 27 heavy (non-hydrogen) atoms. The Kier molecular flexibility index (Phi) is 5.27. The van der Waals surface area contributed by atoms with Gasteiger partial charge in [0.2, 0.25) is 0 Å². The van der Waals surface area contributed by atoms with Crippen LogP contribution in [0.5, 0.6) is 0 Å². The zero-order valence-electron chi connectivity index (χ0n) is 18.9. The van der Waals surface area contributed by atoms with Crippen LogP contribution in [0.25, 0.3) is 0 Å². The summed E-state index contributed by atoms with van der Waals surface area (Å²) in [4.78, 5) is 0. The summed E-state index contributed by atoms with van der Waals surface area (Å²) in [5.41, 5.74) is 0.222. The molecule has 0 aliphatic heterocycles. The third-order valence-corrected chi connectivity index (χ3v) is 10.9. The number of rotatable bonds is 1. The third-order valence-electron chi connectivity index (χ3n) is 10.9. The Morgan fingerprint density at radius 1 is 0.667 bits per heavy atom. The summed E-state index contributed by atoms with van der Waals surface area (Å²) in [7, 11) is 0. The summed E-state index contributed by atoms with van der Waals surface area (Å²) >= 11 is 0. The van der Waals surface area contributed by atoms with Gasteiger partial charge >= 0.3 is 0 Å². The molecule has 4 aliphatic rings. The summed E-state index contributed by atoms with van der Waals surface area (Å²) in [5, 5.41) is 12.3. The van der Waals surface area contributed by atoms with Gasteiger partial charge in [-0.15, -0.1) is 0 Å². The van der Waals surface area contributed by atoms with E-state index in [9.17, 15) is 5.11 Å².